The number of nitrogens with zero attached hydrogens (tertiary/aromatic N) is 1. The Morgan fingerprint density at radius 1 is 1.00 bits per heavy atom. The van der Waals surface area contributed by atoms with Crippen molar-refractivity contribution in [2.45, 2.75) is 37.8 Å². The summed E-state index contributed by atoms with van der Waals surface area (Å²) in [5.41, 5.74) is 1.06. The smallest absolute Gasteiger partial charge is 0.207 e. The molecule has 3 nitrogen and oxygen atoms in total. The van der Waals surface area contributed by atoms with Gasteiger partial charge in [-0.2, -0.15) is 4.31 Å². The first kappa shape index (κ1) is 12.3. The molecule has 2 atom stereocenters. The summed E-state index contributed by atoms with van der Waals surface area (Å²) in [6.07, 6.45) is 3.85. The van der Waals surface area contributed by atoms with E-state index in [0.717, 1.165) is 5.56 Å². The van der Waals surface area contributed by atoms with Crippen LogP contribution in [0.1, 0.15) is 19.4 Å². The molecule has 0 bridgehead atoms. The molecule has 0 aromatic heterocycles. The van der Waals surface area contributed by atoms with Crippen LogP contribution < -0.4 is 0 Å². The normalized spacial score (nSPS) is 25.4. The summed E-state index contributed by atoms with van der Waals surface area (Å²) in [7, 11) is -3.38. The summed E-state index contributed by atoms with van der Waals surface area (Å²) < 4.78 is 26.4. The summed E-state index contributed by atoms with van der Waals surface area (Å²) in [6, 6.07) is 6.84. The Morgan fingerprint density at radius 3 is 1.94 bits per heavy atom. The Hall–Kier alpha value is -1.13. The molecule has 0 radical (unpaired) electrons. The van der Waals surface area contributed by atoms with E-state index in [1.54, 1.807) is 12.1 Å². The Balaban J connectivity index is 2.40. The van der Waals surface area contributed by atoms with Gasteiger partial charge < -0.3 is 0 Å². The van der Waals surface area contributed by atoms with E-state index >= 15 is 0 Å². The molecular weight excluding hydrogens is 234 g/mol. The van der Waals surface area contributed by atoms with Gasteiger partial charge in [-0.1, -0.05) is 29.8 Å². The van der Waals surface area contributed by atoms with E-state index in [1.807, 2.05) is 45.1 Å². The van der Waals surface area contributed by atoms with E-state index < -0.39 is 10.0 Å². The van der Waals surface area contributed by atoms with Gasteiger partial charge in [0.1, 0.15) is 0 Å². The number of rotatable bonds is 2. The van der Waals surface area contributed by atoms with E-state index in [0.29, 0.717) is 4.90 Å². The van der Waals surface area contributed by atoms with E-state index in [-0.39, 0.29) is 12.1 Å². The maximum atomic E-state index is 12.5. The van der Waals surface area contributed by atoms with Gasteiger partial charge in [0.05, 0.1) is 4.90 Å². The molecule has 0 aliphatic carbocycles. The topological polar surface area (TPSA) is 37.4 Å². The second-order valence-corrected chi connectivity index (χ2v) is 6.36. The van der Waals surface area contributed by atoms with Crippen molar-refractivity contribution in [2.75, 3.05) is 0 Å². The Labute approximate surface area is 103 Å². The van der Waals surface area contributed by atoms with Crippen molar-refractivity contribution in [1.29, 1.82) is 0 Å². The lowest BCUT2D eigenvalue weighted by Gasteiger charge is -2.25. The molecule has 1 aromatic carbocycles. The fourth-order valence-corrected chi connectivity index (χ4v) is 3.87. The standard InChI is InChI=1S/C13H17NO2S/c1-10-4-8-13(9-5-10)17(15,16)14-11(2)6-7-12(14)3/h4-9,11-12H,1-3H3/t11-,12-/m1/s1. The van der Waals surface area contributed by atoms with Gasteiger partial charge in [-0.25, -0.2) is 8.42 Å². The van der Waals surface area contributed by atoms with Crippen LogP contribution in [0, 0.1) is 6.92 Å². The van der Waals surface area contributed by atoms with Crippen LogP contribution in [0.5, 0.6) is 0 Å². The van der Waals surface area contributed by atoms with Crippen molar-refractivity contribution < 1.29 is 8.42 Å². The molecule has 0 fully saturated rings. The summed E-state index contributed by atoms with van der Waals surface area (Å²) in [5, 5.41) is 0. The molecule has 0 saturated carbocycles. The monoisotopic (exact) mass is 251 g/mol. The lowest BCUT2D eigenvalue weighted by molar-refractivity contribution is 0.369. The minimum atomic E-state index is -3.38. The van der Waals surface area contributed by atoms with Crippen molar-refractivity contribution in [3.63, 3.8) is 0 Å². The SMILES string of the molecule is Cc1ccc(S(=O)(=O)N2[C@H](C)C=C[C@H]2C)cc1. The van der Waals surface area contributed by atoms with Crippen LogP contribution in [0.25, 0.3) is 0 Å². The van der Waals surface area contributed by atoms with Gasteiger partial charge in [0.15, 0.2) is 0 Å². The lowest BCUT2D eigenvalue weighted by Crippen LogP contribution is -2.39. The van der Waals surface area contributed by atoms with Crippen molar-refractivity contribution in [1.82, 2.24) is 4.31 Å². The summed E-state index contributed by atoms with van der Waals surface area (Å²) in [4.78, 5) is 0.366. The van der Waals surface area contributed by atoms with Crippen molar-refractivity contribution in [2.24, 2.45) is 0 Å². The molecule has 1 aliphatic heterocycles. The van der Waals surface area contributed by atoms with Gasteiger partial charge in [-0.3, -0.25) is 0 Å². The highest BCUT2D eigenvalue weighted by atomic mass is 32.2. The Morgan fingerprint density at radius 2 is 1.47 bits per heavy atom. The molecule has 0 amide bonds. The largest absolute Gasteiger partial charge is 0.244 e. The van der Waals surface area contributed by atoms with Gasteiger partial charge in [-0.15, -0.1) is 0 Å². The zero-order valence-corrected chi connectivity index (χ0v) is 11.1. The Kier molecular flexibility index (Phi) is 3.10. The minimum Gasteiger partial charge on any atom is -0.207 e. The summed E-state index contributed by atoms with van der Waals surface area (Å²) in [6.45, 7) is 5.73. The first-order valence-corrected chi connectivity index (χ1v) is 7.15. The predicted octanol–water partition coefficient (Wildman–Crippen LogP) is 2.33. The maximum absolute atomic E-state index is 12.5. The molecular formula is C13H17NO2S. The second-order valence-electron chi connectivity index (χ2n) is 4.51. The third-order valence-electron chi connectivity index (χ3n) is 3.07. The molecule has 0 saturated heterocycles. The van der Waals surface area contributed by atoms with Gasteiger partial charge in [0.2, 0.25) is 10.0 Å². The highest BCUT2D eigenvalue weighted by Gasteiger charge is 2.34. The average Bonchev–Trinajstić information content (AvgIpc) is 2.59. The molecule has 0 unspecified atom stereocenters. The van der Waals surface area contributed by atoms with E-state index in [4.69, 9.17) is 0 Å². The van der Waals surface area contributed by atoms with E-state index in [2.05, 4.69) is 0 Å². The molecule has 1 heterocycles. The van der Waals surface area contributed by atoms with Crippen LogP contribution in [0.2, 0.25) is 0 Å². The number of benzene rings is 1. The third-order valence-corrected chi connectivity index (χ3v) is 5.16. The van der Waals surface area contributed by atoms with Gasteiger partial charge in [0.25, 0.3) is 0 Å². The maximum Gasteiger partial charge on any atom is 0.244 e. The fourth-order valence-electron chi connectivity index (χ4n) is 2.13. The minimum absolute atomic E-state index is 0.0729. The first-order valence-electron chi connectivity index (χ1n) is 5.71. The molecule has 1 aliphatic rings. The molecule has 1 aromatic rings. The van der Waals surface area contributed by atoms with E-state index in [1.165, 1.54) is 4.31 Å². The predicted molar refractivity (Wildman–Crippen MR) is 68.3 cm³/mol. The molecule has 17 heavy (non-hydrogen) atoms. The molecule has 92 valence electrons. The Bertz CT molecular complexity index is 519. The highest BCUT2D eigenvalue weighted by Crippen LogP contribution is 2.26. The van der Waals surface area contributed by atoms with Gasteiger partial charge in [0, 0.05) is 12.1 Å². The van der Waals surface area contributed by atoms with Crippen LogP contribution in [0.15, 0.2) is 41.3 Å². The lowest BCUT2D eigenvalue weighted by atomic mass is 10.2. The van der Waals surface area contributed by atoms with Crippen LogP contribution in [0.4, 0.5) is 0 Å². The fraction of sp³-hybridized carbons (Fsp3) is 0.385. The van der Waals surface area contributed by atoms with Crippen LogP contribution >= 0.6 is 0 Å². The summed E-state index contributed by atoms with van der Waals surface area (Å²) >= 11 is 0. The highest BCUT2D eigenvalue weighted by molar-refractivity contribution is 7.89. The number of sulfonamides is 1. The number of hydrogen-bond acceptors (Lipinski definition) is 2. The molecule has 4 heteroatoms. The van der Waals surface area contributed by atoms with Crippen LogP contribution in [-0.4, -0.2) is 24.8 Å². The van der Waals surface area contributed by atoms with Crippen LogP contribution in [0.3, 0.4) is 0 Å². The molecule has 0 N–H and O–H groups in total. The van der Waals surface area contributed by atoms with Crippen LogP contribution in [-0.2, 0) is 10.0 Å². The molecule has 0 spiro atoms. The molecule has 2 rings (SSSR count). The zero-order valence-electron chi connectivity index (χ0n) is 10.3. The quantitative estimate of drug-likeness (QED) is 0.757. The zero-order chi connectivity index (χ0) is 12.6. The first-order chi connectivity index (χ1) is 7.93. The number of aryl methyl sites for hydroxylation is 1. The van der Waals surface area contributed by atoms with Gasteiger partial charge >= 0.3 is 0 Å². The second kappa shape index (κ2) is 4.27. The van der Waals surface area contributed by atoms with Crippen molar-refractivity contribution in [3.8, 4) is 0 Å². The van der Waals surface area contributed by atoms with Crippen molar-refractivity contribution in [3.05, 3.63) is 42.0 Å². The van der Waals surface area contributed by atoms with Gasteiger partial charge in [-0.05, 0) is 32.9 Å². The summed E-state index contributed by atoms with van der Waals surface area (Å²) in [5.74, 6) is 0. The average molecular weight is 251 g/mol. The third kappa shape index (κ3) is 2.15. The van der Waals surface area contributed by atoms with Crippen molar-refractivity contribution >= 4 is 10.0 Å². The number of hydrogen-bond donors (Lipinski definition) is 0. The van der Waals surface area contributed by atoms with E-state index in [9.17, 15) is 8.42 Å².